The minimum absolute atomic E-state index is 0.0356. The van der Waals surface area contributed by atoms with Gasteiger partial charge in [0.15, 0.2) is 5.78 Å². The number of rotatable bonds is 5. The summed E-state index contributed by atoms with van der Waals surface area (Å²) in [7, 11) is 0. The van der Waals surface area contributed by atoms with Crippen molar-refractivity contribution >= 4 is 21.7 Å². The summed E-state index contributed by atoms with van der Waals surface area (Å²) in [5, 5.41) is 0. The molecule has 0 heterocycles. The topological polar surface area (TPSA) is 26.3 Å². The van der Waals surface area contributed by atoms with Crippen molar-refractivity contribution in [3.63, 3.8) is 0 Å². The van der Waals surface area contributed by atoms with E-state index in [1.165, 1.54) is 5.56 Å². The summed E-state index contributed by atoms with van der Waals surface area (Å²) in [5.74, 6) is 2.08. The van der Waals surface area contributed by atoms with Gasteiger partial charge < -0.3 is 4.74 Å². The molecule has 0 aromatic heterocycles. The molecule has 0 spiro atoms. The van der Waals surface area contributed by atoms with Gasteiger partial charge in [0.05, 0.1) is 0 Å². The zero-order chi connectivity index (χ0) is 15.4. The lowest BCUT2D eigenvalue weighted by atomic mass is 9.98. The molecule has 1 atom stereocenters. The number of ether oxygens (including phenoxy) is 1. The zero-order valence-electron chi connectivity index (χ0n) is 12.5. The summed E-state index contributed by atoms with van der Waals surface area (Å²) in [6.07, 6.45) is 1.06. The molecule has 2 nitrogen and oxygen atoms in total. The minimum Gasteiger partial charge on any atom is -0.457 e. The van der Waals surface area contributed by atoms with Crippen molar-refractivity contribution in [2.45, 2.75) is 33.1 Å². The molecule has 0 amide bonds. The molecular formula is C18H19BrO2. The van der Waals surface area contributed by atoms with Gasteiger partial charge in [-0.1, -0.05) is 32.0 Å². The third-order valence-corrected chi connectivity index (χ3v) is 4.27. The van der Waals surface area contributed by atoms with E-state index in [9.17, 15) is 4.79 Å². The molecule has 0 saturated carbocycles. The van der Waals surface area contributed by atoms with Crippen molar-refractivity contribution in [2.75, 3.05) is 0 Å². The monoisotopic (exact) mass is 346 g/mol. The first-order chi connectivity index (χ1) is 10.0. The van der Waals surface area contributed by atoms with E-state index in [1.807, 2.05) is 30.3 Å². The van der Waals surface area contributed by atoms with E-state index in [1.54, 1.807) is 13.0 Å². The molecule has 0 aliphatic heterocycles. The lowest BCUT2D eigenvalue weighted by Gasteiger charge is -2.15. The Kier molecular flexibility index (Phi) is 5.18. The van der Waals surface area contributed by atoms with Crippen LogP contribution in [-0.4, -0.2) is 5.78 Å². The Balaban J connectivity index is 2.31. The predicted molar refractivity (Wildman–Crippen MR) is 89.4 cm³/mol. The quantitative estimate of drug-likeness (QED) is 0.624. The van der Waals surface area contributed by atoms with Crippen LogP contribution in [0.2, 0.25) is 0 Å². The number of benzene rings is 2. The maximum absolute atomic E-state index is 11.4. The smallest absolute Gasteiger partial charge is 0.160 e. The van der Waals surface area contributed by atoms with Crippen LogP contribution in [0.1, 0.15) is 49.0 Å². The van der Waals surface area contributed by atoms with Crippen molar-refractivity contribution in [2.24, 2.45) is 0 Å². The summed E-state index contributed by atoms with van der Waals surface area (Å²) in [6.45, 7) is 5.91. The van der Waals surface area contributed by atoms with Crippen LogP contribution >= 0.6 is 15.9 Å². The van der Waals surface area contributed by atoms with Gasteiger partial charge in [0.1, 0.15) is 11.5 Å². The Morgan fingerprint density at radius 2 is 1.95 bits per heavy atom. The van der Waals surface area contributed by atoms with Gasteiger partial charge in [0, 0.05) is 10.0 Å². The van der Waals surface area contributed by atoms with Crippen LogP contribution in [-0.2, 0) is 0 Å². The molecule has 0 aliphatic rings. The largest absolute Gasteiger partial charge is 0.457 e. The molecule has 21 heavy (non-hydrogen) atoms. The number of ketones is 1. The maximum Gasteiger partial charge on any atom is 0.160 e. The standard InChI is InChI=1S/C18H19BrO2/c1-4-12(2)15-7-5-6-8-18(15)21-14-9-10-16(13(3)20)17(19)11-14/h5-12H,4H2,1-3H3. The molecule has 0 fully saturated rings. The highest BCUT2D eigenvalue weighted by atomic mass is 79.9. The summed E-state index contributed by atoms with van der Waals surface area (Å²) in [5.41, 5.74) is 1.87. The molecule has 3 heteroatoms. The van der Waals surface area contributed by atoms with Crippen LogP contribution in [0.5, 0.6) is 11.5 Å². The first kappa shape index (κ1) is 15.8. The fourth-order valence-electron chi connectivity index (χ4n) is 2.17. The van der Waals surface area contributed by atoms with E-state index in [0.717, 1.165) is 22.4 Å². The Bertz CT molecular complexity index is 649. The summed E-state index contributed by atoms with van der Waals surface area (Å²) < 4.78 is 6.76. The predicted octanol–water partition coefficient (Wildman–Crippen LogP) is 5.96. The Labute approximate surface area is 134 Å². The number of carbonyl (C=O) groups is 1. The molecule has 2 aromatic rings. The zero-order valence-corrected chi connectivity index (χ0v) is 14.1. The molecular weight excluding hydrogens is 328 g/mol. The molecule has 110 valence electrons. The van der Waals surface area contributed by atoms with Gasteiger partial charge in [-0.2, -0.15) is 0 Å². The van der Waals surface area contributed by atoms with Gasteiger partial charge in [-0.25, -0.2) is 0 Å². The van der Waals surface area contributed by atoms with E-state index in [0.29, 0.717) is 11.5 Å². The van der Waals surface area contributed by atoms with E-state index >= 15 is 0 Å². The first-order valence-corrected chi connectivity index (χ1v) is 7.89. The molecule has 2 aromatic carbocycles. The SMILES string of the molecule is CCC(C)c1ccccc1Oc1ccc(C(C)=O)c(Br)c1. The summed E-state index contributed by atoms with van der Waals surface area (Å²) in [6, 6.07) is 13.5. The van der Waals surface area contributed by atoms with Crippen molar-refractivity contribution in [1.82, 2.24) is 0 Å². The van der Waals surface area contributed by atoms with Crippen LogP contribution in [0.4, 0.5) is 0 Å². The van der Waals surface area contributed by atoms with Crippen LogP contribution in [0.3, 0.4) is 0 Å². The molecule has 0 aliphatic carbocycles. The number of hydrogen-bond donors (Lipinski definition) is 0. The fourth-order valence-corrected chi connectivity index (χ4v) is 2.81. The first-order valence-electron chi connectivity index (χ1n) is 7.10. The van der Waals surface area contributed by atoms with Gasteiger partial charge in [-0.3, -0.25) is 4.79 Å². The fraction of sp³-hybridized carbons (Fsp3) is 0.278. The number of Topliss-reactive ketones (excluding diaryl/α,β-unsaturated/α-hetero) is 1. The van der Waals surface area contributed by atoms with Crippen LogP contribution in [0.15, 0.2) is 46.9 Å². The Morgan fingerprint density at radius 3 is 2.57 bits per heavy atom. The molecule has 2 rings (SSSR count). The number of carbonyl (C=O) groups excluding carboxylic acids is 1. The van der Waals surface area contributed by atoms with E-state index in [2.05, 4.69) is 35.8 Å². The van der Waals surface area contributed by atoms with Crippen LogP contribution in [0, 0.1) is 0 Å². The van der Waals surface area contributed by atoms with E-state index in [4.69, 9.17) is 4.74 Å². The highest BCUT2D eigenvalue weighted by Crippen LogP contribution is 2.33. The van der Waals surface area contributed by atoms with Gasteiger partial charge in [0.2, 0.25) is 0 Å². The Hall–Kier alpha value is -1.61. The van der Waals surface area contributed by atoms with Crippen molar-refractivity contribution in [1.29, 1.82) is 0 Å². The highest BCUT2D eigenvalue weighted by molar-refractivity contribution is 9.10. The minimum atomic E-state index is 0.0356. The average Bonchev–Trinajstić information content (AvgIpc) is 2.46. The molecule has 0 saturated heterocycles. The number of hydrogen-bond acceptors (Lipinski definition) is 2. The number of para-hydroxylation sites is 1. The van der Waals surface area contributed by atoms with Crippen molar-refractivity contribution in [3.05, 3.63) is 58.1 Å². The summed E-state index contributed by atoms with van der Waals surface area (Å²) >= 11 is 3.42. The Morgan fingerprint density at radius 1 is 1.24 bits per heavy atom. The lowest BCUT2D eigenvalue weighted by Crippen LogP contribution is -1.97. The molecule has 0 bridgehead atoms. The van der Waals surface area contributed by atoms with Gasteiger partial charge in [-0.15, -0.1) is 0 Å². The maximum atomic E-state index is 11.4. The number of halogens is 1. The summed E-state index contributed by atoms with van der Waals surface area (Å²) in [4.78, 5) is 11.4. The van der Waals surface area contributed by atoms with E-state index in [-0.39, 0.29) is 5.78 Å². The molecule has 0 N–H and O–H groups in total. The van der Waals surface area contributed by atoms with Gasteiger partial charge >= 0.3 is 0 Å². The average molecular weight is 347 g/mol. The molecule has 1 unspecified atom stereocenters. The van der Waals surface area contributed by atoms with Crippen LogP contribution in [0.25, 0.3) is 0 Å². The van der Waals surface area contributed by atoms with Crippen LogP contribution < -0.4 is 4.74 Å². The second kappa shape index (κ2) is 6.90. The van der Waals surface area contributed by atoms with Crippen molar-refractivity contribution < 1.29 is 9.53 Å². The normalized spacial score (nSPS) is 12.0. The third kappa shape index (κ3) is 3.73. The highest BCUT2D eigenvalue weighted by Gasteiger charge is 2.12. The van der Waals surface area contributed by atoms with Gasteiger partial charge in [-0.05, 0) is 65.0 Å². The van der Waals surface area contributed by atoms with Gasteiger partial charge in [0.25, 0.3) is 0 Å². The molecule has 0 radical (unpaired) electrons. The van der Waals surface area contributed by atoms with E-state index < -0.39 is 0 Å². The lowest BCUT2D eigenvalue weighted by molar-refractivity contribution is 0.101. The second-order valence-corrected chi connectivity index (χ2v) is 6.00. The second-order valence-electron chi connectivity index (χ2n) is 5.15. The van der Waals surface area contributed by atoms with Crippen molar-refractivity contribution in [3.8, 4) is 11.5 Å². The third-order valence-electron chi connectivity index (χ3n) is 3.61.